The molecule has 4 nitrogen and oxygen atoms in total. The van der Waals surface area contributed by atoms with Crippen LogP contribution in [0.5, 0.6) is 5.75 Å². The largest absolute Gasteiger partial charge is 1.00 e. The number of rotatable bonds is 4. The van der Waals surface area contributed by atoms with Crippen molar-refractivity contribution in [2.24, 2.45) is 0 Å². The Kier molecular flexibility index (Phi) is 7.66. The van der Waals surface area contributed by atoms with Crippen LogP contribution in [-0.4, -0.2) is 7.11 Å². The average molecular weight is 224 g/mol. The fraction of sp³-hybridized carbons (Fsp3) is 0.250. The minimum Gasteiger partial charge on any atom is -0.691 e. The molecule has 0 aliphatic carbocycles. The van der Waals surface area contributed by atoms with Gasteiger partial charge in [-0.05, 0) is 30.7 Å². The Morgan fingerprint density at radius 3 is 2.57 bits per heavy atom. The summed E-state index contributed by atoms with van der Waals surface area (Å²) in [7, 11) is 1.60. The molecule has 72 valence electrons. The zero-order valence-electron chi connectivity index (χ0n) is 8.27. The quantitative estimate of drug-likeness (QED) is 0.262. The molecule has 14 heavy (non-hydrogen) atoms. The van der Waals surface area contributed by atoms with E-state index in [9.17, 15) is 5.26 Å². The summed E-state index contributed by atoms with van der Waals surface area (Å²) in [6.07, 6.45) is 0. The summed E-state index contributed by atoms with van der Waals surface area (Å²) in [5.74, 6) is 0.799. The molecule has 0 unspecified atom stereocenters. The Balaban J connectivity index is 0.00000169. The van der Waals surface area contributed by atoms with Crippen molar-refractivity contribution in [1.29, 1.82) is 0 Å². The fourth-order valence-electron chi connectivity index (χ4n) is 0.956. The van der Waals surface area contributed by atoms with Crippen LogP contribution < -0.4 is 39.6 Å². The molecule has 1 aromatic rings. The van der Waals surface area contributed by atoms with Crippen LogP contribution in [0.3, 0.4) is 0 Å². The minimum atomic E-state index is 0. The van der Waals surface area contributed by atoms with Gasteiger partial charge in [0.15, 0.2) is 0 Å². The number of hydrogen-bond donors (Lipinski definition) is 0. The first-order chi connectivity index (χ1) is 6.27. The van der Waals surface area contributed by atoms with Gasteiger partial charge in [-0.2, -0.15) is 4.33 Å². The minimum absolute atomic E-state index is 0. The van der Waals surface area contributed by atoms with Crippen LogP contribution in [0.1, 0.15) is 5.56 Å². The Bertz CT molecular complexity index is 282. The molecule has 0 saturated carbocycles. The van der Waals surface area contributed by atoms with Gasteiger partial charge in [-0.3, -0.25) is 5.04 Å². The zero-order valence-corrected chi connectivity index (χ0v) is 11.1. The molecule has 0 aliphatic heterocycles. The molecule has 0 atom stereocenters. The SMILES string of the molecule is COc1ccc(SOO[O-])cc1C.[Na+]. The van der Waals surface area contributed by atoms with E-state index in [4.69, 9.17) is 4.74 Å². The second-order valence-electron chi connectivity index (χ2n) is 2.35. The van der Waals surface area contributed by atoms with Crippen molar-refractivity contribution in [3.05, 3.63) is 23.8 Å². The van der Waals surface area contributed by atoms with E-state index in [0.717, 1.165) is 28.3 Å². The molecular formula is C8H9NaO4S. The Morgan fingerprint density at radius 1 is 1.36 bits per heavy atom. The second kappa shape index (κ2) is 7.53. The van der Waals surface area contributed by atoms with E-state index in [0.29, 0.717) is 0 Å². The van der Waals surface area contributed by atoms with Gasteiger partial charge in [-0.1, -0.05) is 0 Å². The van der Waals surface area contributed by atoms with E-state index in [1.54, 1.807) is 19.2 Å². The smallest absolute Gasteiger partial charge is 0.691 e. The maximum absolute atomic E-state index is 9.54. The monoisotopic (exact) mass is 224 g/mol. The third-order valence-corrected chi connectivity index (χ3v) is 2.09. The third-order valence-electron chi connectivity index (χ3n) is 1.52. The van der Waals surface area contributed by atoms with Crippen molar-refractivity contribution < 1.29 is 48.9 Å². The predicted octanol–water partition coefficient (Wildman–Crippen LogP) is -1.76. The standard InChI is InChI=1S/C8H10O4S.Na/c1-6-5-7(13-12-11-9)3-4-8(6)10-2;/h3-5,9H,1-2H3;/q;+1/p-1. The van der Waals surface area contributed by atoms with Crippen LogP contribution in [0.15, 0.2) is 23.1 Å². The van der Waals surface area contributed by atoms with Crippen molar-refractivity contribution >= 4 is 12.0 Å². The van der Waals surface area contributed by atoms with Gasteiger partial charge in [-0.15, -0.1) is 0 Å². The molecule has 0 heterocycles. The number of ether oxygens (including phenoxy) is 1. The molecule has 0 aromatic heterocycles. The van der Waals surface area contributed by atoms with Crippen LogP contribution in [-0.2, 0) is 9.37 Å². The van der Waals surface area contributed by atoms with Crippen molar-refractivity contribution in [3.63, 3.8) is 0 Å². The summed E-state index contributed by atoms with van der Waals surface area (Å²) in [5, 5.41) is 12.8. The maximum Gasteiger partial charge on any atom is 1.00 e. The number of benzene rings is 1. The van der Waals surface area contributed by atoms with Crippen LogP contribution in [0.2, 0.25) is 0 Å². The molecule has 1 rings (SSSR count). The molecule has 0 N–H and O–H groups in total. The maximum atomic E-state index is 9.54. The van der Waals surface area contributed by atoms with Crippen LogP contribution >= 0.6 is 12.0 Å². The molecule has 0 aliphatic rings. The van der Waals surface area contributed by atoms with E-state index in [-0.39, 0.29) is 29.6 Å². The Labute approximate surface area is 109 Å². The van der Waals surface area contributed by atoms with Crippen LogP contribution in [0.4, 0.5) is 0 Å². The van der Waals surface area contributed by atoms with Gasteiger partial charge in [0.2, 0.25) is 0 Å². The number of hydrogen-bond acceptors (Lipinski definition) is 5. The van der Waals surface area contributed by atoms with E-state index in [2.05, 4.69) is 9.37 Å². The summed E-state index contributed by atoms with van der Waals surface area (Å²) in [6.45, 7) is 1.90. The first-order valence-corrected chi connectivity index (χ1v) is 4.30. The van der Waals surface area contributed by atoms with Gasteiger partial charge in [0.05, 0.1) is 19.2 Å². The first kappa shape index (κ1) is 14.2. The Hall–Kier alpha value is 0.250. The van der Waals surface area contributed by atoms with Crippen molar-refractivity contribution in [3.8, 4) is 5.75 Å². The van der Waals surface area contributed by atoms with Gasteiger partial charge in [0.25, 0.3) is 0 Å². The molecule has 1 aromatic carbocycles. The summed E-state index contributed by atoms with van der Waals surface area (Å²) in [6, 6.07) is 5.41. The number of aryl methyl sites for hydroxylation is 1. The van der Waals surface area contributed by atoms with Gasteiger partial charge < -0.3 is 9.99 Å². The Morgan fingerprint density at radius 2 is 2.07 bits per heavy atom. The summed E-state index contributed by atoms with van der Waals surface area (Å²) in [5.41, 5.74) is 0.974. The molecule has 0 radical (unpaired) electrons. The summed E-state index contributed by atoms with van der Waals surface area (Å²) < 4.78 is 9.23. The molecule has 6 heteroatoms. The van der Waals surface area contributed by atoms with Crippen LogP contribution in [0, 0.1) is 6.92 Å². The van der Waals surface area contributed by atoms with Crippen molar-refractivity contribution in [2.75, 3.05) is 7.11 Å². The number of methoxy groups -OCH3 is 1. The molecular weight excluding hydrogens is 215 g/mol. The topological polar surface area (TPSA) is 50.8 Å². The van der Waals surface area contributed by atoms with Crippen LogP contribution in [0.25, 0.3) is 0 Å². The average Bonchev–Trinajstić information content (AvgIpc) is 2.15. The van der Waals surface area contributed by atoms with E-state index >= 15 is 0 Å². The van der Waals surface area contributed by atoms with E-state index in [1.807, 2.05) is 13.0 Å². The normalized spacial score (nSPS) is 9.36. The van der Waals surface area contributed by atoms with Gasteiger partial charge in [0.1, 0.15) is 5.75 Å². The first-order valence-electron chi connectivity index (χ1n) is 3.55. The summed E-state index contributed by atoms with van der Waals surface area (Å²) >= 11 is 0.863. The third kappa shape index (κ3) is 4.18. The van der Waals surface area contributed by atoms with Crippen molar-refractivity contribution in [2.45, 2.75) is 11.8 Å². The van der Waals surface area contributed by atoms with E-state index in [1.165, 1.54) is 0 Å². The van der Waals surface area contributed by atoms with E-state index < -0.39 is 0 Å². The molecule has 0 saturated heterocycles. The molecule has 0 fully saturated rings. The predicted molar refractivity (Wildman–Crippen MR) is 45.8 cm³/mol. The van der Waals surface area contributed by atoms with Gasteiger partial charge in [-0.25, -0.2) is 0 Å². The van der Waals surface area contributed by atoms with Gasteiger partial charge in [0, 0.05) is 4.90 Å². The molecule has 0 bridgehead atoms. The zero-order chi connectivity index (χ0) is 9.68. The second-order valence-corrected chi connectivity index (χ2v) is 3.12. The molecule has 0 spiro atoms. The summed E-state index contributed by atoms with van der Waals surface area (Å²) in [4.78, 5) is 0.786. The fourth-order valence-corrected chi connectivity index (χ4v) is 1.41. The van der Waals surface area contributed by atoms with Gasteiger partial charge >= 0.3 is 29.6 Å². The van der Waals surface area contributed by atoms with Crippen molar-refractivity contribution in [1.82, 2.24) is 0 Å². The molecule has 0 amide bonds.